The number of hydrogen-bond donors (Lipinski definition) is 1. The Kier molecular flexibility index (Phi) is 6.37. The zero-order valence-electron chi connectivity index (χ0n) is 11.0. The average Bonchev–Trinajstić information content (AvgIpc) is 2.23. The van der Waals surface area contributed by atoms with Crippen molar-refractivity contribution in [3.8, 4) is 0 Å². The third-order valence-electron chi connectivity index (χ3n) is 3.95. The van der Waals surface area contributed by atoms with Gasteiger partial charge in [0.05, 0.1) is 11.7 Å². The van der Waals surface area contributed by atoms with Crippen molar-refractivity contribution in [1.29, 1.82) is 0 Å². The van der Waals surface area contributed by atoms with Crippen LogP contribution in [0.4, 0.5) is 0 Å². The lowest BCUT2D eigenvalue weighted by Gasteiger charge is -2.41. The van der Waals surface area contributed by atoms with Crippen molar-refractivity contribution in [1.82, 2.24) is 0 Å². The Hall–Kier alpha value is -0.0800. The number of rotatable bonds is 9. The molecule has 1 fully saturated rings. The van der Waals surface area contributed by atoms with Gasteiger partial charge in [0.15, 0.2) is 0 Å². The fourth-order valence-electron chi connectivity index (χ4n) is 2.58. The molecule has 0 saturated heterocycles. The second-order valence-electron chi connectivity index (χ2n) is 5.30. The smallest absolute Gasteiger partial charge is 0.0703 e. The van der Waals surface area contributed by atoms with E-state index in [1.807, 2.05) is 0 Å². The molecule has 1 unspecified atom stereocenters. The largest absolute Gasteiger partial charge is 0.393 e. The molecule has 0 radical (unpaired) electrons. The van der Waals surface area contributed by atoms with E-state index in [4.69, 9.17) is 4.74 Å². The zero-order valence-corrected chi connectivity index (χ0v) is 11.0. The van der Waals surface area contributed by atoms with Crippen LogP contribution in [0.2, 0.25) is 0 Å². The van der Waals surface area contributed by atoms with E-state index in [2.05, 4.69) is 6.92 Å². The molecule has 1 atom stereocenters. The van der Waals surface area contributed by atoms with E-state index in [0.29, 0.717) is 0 Å². The maximum Gasteiger partial charge on any atom is 0.0703 e. The maximum absolute atomic E-state index is 9.96. The lowest BCUT2D eigenvalue weighted by molar-refractivity contribution is -0.100. The van der Waals surface area contributed by atoms with Crippen LogP contribution in [0.15, 0.2) is 0 Å². The Bertz CT molecular complexity index is 170. The molecular weight excluding hydrogens is 200 g/mol. The summed E-state index contributed by atoms with van der Waals surface area (Å²) in [4.78, 5) is 0. The molecule has 0 aromatic heterocycles. The minimum atomic E-state index is -0.151. The summed E-state index contributed by atoms with van der Waals surface area (Å²) in [5.41, 5.74) is 0.0306. The zero-order chi connectivity index (χ0) is 11.9. The molecule has 1 rings (SSSR count). The fourth-order valence-corrected chi connectivity index (χ4v) is 2.58. The first kappa shape index (κ1) is 14.0. The van der Waals surface area contributed by atoms with E-state index in [9.17, 15) is 5.11 Å². The van der Waals surface area contributed by atoms with Gasteiger partial charge >= 0.3 is 0 Å². The maximum atomic E-state index is 9.96. The van der Waals surface area contributed by atoms with Gasteiger partial charge in [0.25, 0.3) is 0 Å². The second kappa shape index (κ2) is 7.29. The highest BCUT2D eigenvalue weighted by Gasteiger charge is 2.38. The number of unbranched alkanes of at least 4 members (excludes halogenated alkanes) is 4. The highest BCUT2D eigenvalue weighted by Crippen LogP contribution is 2.39. The summed E-state index contributed by atoms with van der Waals surface area (Å²) in [6.07, 6.45) is 11.6. The first-order valence-corrected chi connectivity index (χ1v) is 6.95. The number of hydrogen-bond acceptors (Lipinski definition) is 2. The lowest BCUT2D eigenvalue weighted by Crippen LogP contribution is -2.42. The number of aliphatic hydroxyl groups is 1. The molecular formula is C14H28O2. The van der Waals surface area contributed by atoms with E-state index >= 15 is 0 Å². The van der Waals surface area contributed by atoms with Gasteiger partial charge in [0.1, 0.15) is 0 Å². The first-order valence-electron chi connectivity index (χ1n) is 6.95. The summed E-state index contributed by atoms with van der Waals surface area (Å²) in [6, 6.07) is 0. The van der Waals surface area contributed by atoms with E-state index in [-0.39, 0.29) is 11.7 Å². The van der Waals surface area contributed by atoms with Crippen LogP contribution in [0, 0.1) is 0 Å². The molecule has 1 aliphatic rings. The van der Waals surface area contributed by atoms with Gasteiger partial charge in [-0.2, -0.15) is 0 Å². The van der Waals surface area contributed by atoms with E-state index in [0.717, 1.165) is 25.7 Å². The number of ether oxygens (including phenoxy) is 1. The van der Waals surface area contributed by atoms with Gasteiger partial charge in [0.2, 0.25) is 0 Å². The van der Waals surface area contributed by atoms with Crippen molar-refractivity contribution >= 4 is 0 Å². The van der Waals surface area contributed by atoms with Gasteiger partial charge in [-0.1, -0.05) is 39.0 Å². The highest BCUT2D eigenvalue weighted by atomic mass is 16.5. The molecule has 1 N–H and O–H groups in total. The summed E-state index contributed by atoms with van der Waals surface area (Å²) in [7, 11) is 1.78. The van der Waals surface area contributed by atoms with Crippen molar-refractivity contribution in [3.63, 3.8) is 0 Å². The molecule has 0 amide bonds. The molecule has 16 heavy (non-hydrogen) atoms. The van der Waals surface area contributed by atoms with Crippen LogP contribution in [0.5, 0.6) is 0 Å². The average molecular weight is 228 g/mol. The van der Waals surface area contributed by atoms with Crippen LogP contribution in [0.3, 0.4) is 0 Å². The monoisotopic (exact) mass is 228 g/mol. The lowest BCUT2D eigenvalue weighted by atomic mass is 9.75. The van der Waals surface area contributed by atoms with Gasteiger partial charge in [-0.05, 0) is 25.7 Å². The molecule has 1 aliphatic carbocycles. The molecule has 0 aromatic rings. The number of methoxy groups -OCH3 is 1. The van der Waals surface area contributed by atoms with E-state index in [1.165, 1.54) is 38.5 Å². The first-order chi connectivity index (χ1) is 7.72. The van der Waals surface area contributed by atoms with Crippen LogP contribution in [0.1, 0.15) is 71.1 Å². The van der Waals surface area contributed by atoms with Gasteiger partial charge in [-0.3, -0.25) is 0 Å². The molecule has 0 heterocycles. The highest BCUT2D eigenvalue weighted by molar-refractivity contribution is 4.91. The molecule has 0 bridgehead atoms. The number of aliphatic hydroxyl groups excluding tert-OH is 1. The topological polar surface area (TPSA) is 29.5 Å². The molecule has 0 spiro atoms. The minimum absolute atomic E-state index is 0.0306. The Labute approximate surface area is 100 Å². The van der Waals surface area contributed by atoms with Crippen LogP contribution < -0.4 is 0 Å². The Morgan fingerprint density at radius 1 is 1.19 bits per heavy atom. The predicted molar refractivity (Wildman–Crippen MR) is 67.6 cm³/mol. The van der Waals surface area contributed by atoms with E-state index in [1.54, 1.807) is 7.11 Å². The quantitative estimate of drug-likeness (QED) is 0.610. The van der Waals surface area contributed by atoms with Gasteiger partial charge in [0, 0.05) is 13.5 Å². The standard InChI is InChI=1S/C14H28O2/c1-3-4-5-6-7-9-13(15)12-14(16-2)10-8-11-14/h13,15H,3-12H2,1-2H3. The molecule has 1 saturated carbocycles. The van der Waals surface area contributed by atoms with Crippen molar-refractivity contribution < 1.29 is 9.84 Å². The summed E-state index contributed by atoms with van der Waals surface area (Å²) >= 11 is 0. The third kappa shape index (κ3) is 4.42. The van der Waals surface area contributed by atoms with Gasteiger partial charge in [-0.15, -0.1) is 0 Å². The van der Waals surface area contributed by atoms with Crippen molar-refractivity contribution in [3.05, 3.63) is 0 Å². The summed E-state index contributed by atoms with van der Waals surface area (Å²) in [5, 5.41) is 9.96. The molecule has 0 aliphatic heterocycles. The summed E-state index contributed by atoms with van der Waals surface area (Å²) in [6.45, 7) is 2.23. The molecule has 2 nitrogen and oxygen atoms in total. The molecule has 2 heteroatoms. The van der Waals surface area contributed by atoms with Crippen LogP contribution >= 0.6 is 0 Å². The van der Waals surface area contributed by atoms with Crippen molar-refractivity contribution in [2.75, 3.05) is 7.11 Å². The van der Waals surface area contributed by atoms with Crippen LogP contribution in [-0.2, 0) is 4.74 Å². The van der Waals surface area contributed by atoms with Crippen LogP contribution in [-0.4, -0.2) is 23.9 Å². The Morgan fingerprint density at radius 3 is 2.38 bits per heavy atom. The van der Waals surface area contributed by atoms with E-state index < -0.39 is 0 Å². The Balaban J connectivity index is 2.04. The van der Waals surface area contributed by atoms with Gasteiger partial charge in [-0.25, -0.2) is 0 Å². The Morgan fingerprint density at radius 2 is 1.88 bits per heavy atom. The van der Waals surface area contributed by atoms with Crippen LogP contribution in [0.25, 0.3) is 0 Å². The summed E-state index contributed by atoms with van der Waals surface area (Å²) < 4.78 is 5.53. The SMILES string of the molecule is CCCCCCCC(O)CC1(OC)CCC1. The summed E-state index contributed by atoms with van der Waals surface area (Å²) in [5.74, 6) is 0. The fraction of sp³-hybridized carbons (Fsp3) is 1.00. The third-order valence-corrected chi connectivity index (χ3v) is 3.95. The predicted octanol–water partition coefficient (Wildman–Crippen LogP) is 3.67. The van der Waals surface area contributed by atoms with Crippen molar-refractivity contribution in [2.24, 2.45) is 0 Å². The molecule has 96 valence electrons. The second-order valence-corrected chi connectivity index (χ2v) is 5.30. The molecule has 0 aromatic carbocycles. The normalized spacial score (nSPS) is 20.4. The van der Waals surface area contributed by atoms with Gasteiger partial charge < -0.3 is 9.84 Å². The minimum Gasteiger partial charge on any atom is -0.393 e. The van der Waals surface area contributed by atoms with Crippen molar-refractivity contribution in [2.45, 2.75) is 82.8 Å².